The molecule has 26 heavy (non-hydrogen) atoms. The van der Waals surface area contributed by atoms with Crippen LogP contribution >= 0.6 is 0 Å². The highest BCUT2D eigenvalue weighted by molar-refractivity contribution is 6.04. The molecular formula is C21H22N2O3. The molecule has 2 aromatic rings. The van der Waals surface area contributed by atoms with Gasteiger partial charge in [0, 0.05) is 18.5 Å². The number of ether oxygens (including phenoxy) is 2. The Hall–Kier alpha value is -2.84. The van der Waals surface area contributed by atoms with Crippen LogP contribution in [0.15, 0.2) is 42.0 Å². The van der Waals surface area contributed by atoms with E-state index in [0.29, 0.717) is 13.2 Å². The van der Waals surface area contributed by atoms with Crippen molar-refractivity contribution in [2.24, 2.45) is 0 Å². The van der Waals surface area contributed by atoms with Gasteiger partial charge in [-0.2, -0.15) is 5.26 Å². The lowest BCUT2D eigenvalue weighted by molar-refractivity contribution is -0.117. The third-order valence-corrected chi connectivity index (χ3v) is 4.40. The summed E-state index contributed by atoms with van der Waals surface area (Å²) in [7, 11) is 0. The standard InChI is InChI=1S/C21H22N2O3/c1-2-25-20-10-9-15(18-7-3-4-8-19(18)20)12-16(13-22)21(24)23-14-17-6-5-11-26-17/h3-4,7-10,12,17H,2,5-6,11,14H2,1H3,(H,23,24)/b16-12+/t17-/m1/s1. The molecule has 2 aromatic carbocycles. The Morgan fingerprint density at radius 3 is 2.85 bits per heavy atom. The Labute approximate surface area is 153 Å². The minimum absolute atomic E-state index is 0.0465. The van der Waals surface area contributed by atoms with Gasteiger partial charge >= 0.3 is 0 Å². The molecule has 134 valence electrons. The molecule has 5 heteroatoms. The van der Waals surface area contributed by atoms with Gasteiger partial charge in [0.2, 0.25) is 0 Å². The van der Waals surface area contributed by atoms with Crippen LogP contribution in [0.25, 0.3) is 16.8 Å². The van der Waals surface area contributed by atoms with Crippen LogP contribution in [0.2, 0.25) is 0 Å². The fourth-order valence-electron chi connectivity index (χ4n) is 3.11. The first-order chi connectivity index (χ1) is 12.7. The van der Waals surface area contributed by atoms with E-state index in [9.17, 15) is 10.1 Å². The van der Waals surface area contributed by atoms with E-state index in [0.717, 1.165) is 41.5 Å². The summed E-state index contributed by atoms with van der Waals surface area (Å²) in [6.45, 7) is 3.69. The second-order valence-corrected chi connectivity index (χ2v) is 6.15. The van der Waals surface area contributed by atoms with Gasteiger partial charge in [-0.05, 0) is 42.9 Å². The molecular weight excluding hydrogens is 328 g/mol. The van der Waals surface area contributed by atoms with Gasteiger partial charge in [-0.25, -0.2) is 0 Å². The topological polar surface area (TPSA) is 71.3 Å². The Balaban J connectivity index is 1.85. The van der Waals surface area contributed by atoms with Crippen molar-refractivity contribution < 1.29 is 14.3 Å². The molecule has 0 spiro atoms. The van der Waals surface area contributed by atoms with E-state index in [-0.39, 0.29) is 17.6 Å². The number of rotatable bonds is 6. The van der Waals surface area contributed by atoms with Crippen molar-refractivity contribution in [2.45, 2.75) is 25.9 Å². The van der Waals surface area contributed by atoms with Crippen molar-refractivity contribution in [3.63, 3.8) is 0 Å². The average molecular weight is 350 g/mol. The van der Waals surface area contributed by atoms with Crippen LogP contribution in [0.3, 0.4) is 0 Å². The number of benzene rings is 2. The molecule has 1 heterocycles. The third kappa shape index (κ3) is 4.04. The fraction of sp³-hybridized carbons (Fsp3) is 0.333. The van der Waals surface area contributed by atoms with Gasteiger partial charge in [0.15, 0.2) is 0 Å². The molecule has 0 aromatic heterocycles. The van der Waals surface area contributed by atoms with E-state index in [1.54, 1.807) is 6.08 Å². The second kappa shape index (κ2) is 8.50. The molecule has 1 atom stereocenters. The quantitative estimate of drug-likeness (QED) is 0.640. The van der Waals surface area contributed by atoms with E-state index in [1.165, 1.54) is 0 Å². The highest BCUT2D eigenvalue weighted by atomic mass is 16.5. The molecule has 0 aliphatic carbocycles. The van der Waals surface area contributed by atoms with Crippen LogP contribution < -0.4 is 10.1 Å². The smallest absolute Gasteiger partial charge is 0.262 e. The number of amides is 1. The number of nitriles is 1. The van der Waals surface area contributed by atoms with Gasteiger partial charge in [0.1, 0.15) is 17.4 Å². The summed E-state index contributed by atoms with van der Waals surface area (Å²) in [5.41, 5.74) is 0.894. The van der Waals surface area contributed by atoms with Crippen molar-refractivity contribution >= 4 is 22.8 Å². The summed E-state index contributed by atoms with van der Waals surface area (Å²) < 4.78 is 11.2. The van der Waals surface area contributed by atoms with Crippen LogP contribution in [-0.4, -0.2) is 31.8 Å². The molecule has 1 fully saturated rings. The first-order valence-corrected chi connectivity index (χ1v) is 8.89. The van der Waals surface area contributed by atoms with Gasteiger partial charge < -0.3 is 14.8 Å². The Bertz CT molecular complexity index is 861. The zero-order valence-corrected chi connectivity index (χ0v) is 14.8. The van der Waals surface area contributed by atoms with Crippen LogP contribution in [0.5, 0.6) is 5.75 Å². The molecule has 0 bridgehead atoms. The van der Waals surface area contributed by atoms with Crippen molar-refractivity contribution in [2.75, 3.05) is 19.8 Å². The average Bonchev–Trinajstić information content (AvgIpc) is 3.19. The SMILES string of the molecule is CCOc1ccc(/C=C(\C#N)C(=O)NC[C@H]2CCCO2)c2ccccc12. The minimum Gasteiger partial charge on any atom is -0.493 e. The van der Waals surface area contributed by atoms with E-state index in [4.69, 9.17) is 9.47 Å². The van der Waals surface area contributed by atoms with Crippen molar-refractivity contribution in [1.82, 2.24) is 5.32 Å². The first-order valence-electron chi connectivity index (χ1n) is 8.89. The van der Waals surface area contributed by atoms with Gasteiger partial charge in [-0.15, -0.1) is 0 Å². The predicted molar refractivity (Wildman–Crippen MR) is 101 cm³/mol. The monoisotopic (exact) mass is 350 g/mol. The third-order valence-electron chi connectivity index (χ3n) is 4.40. The van der Waals surface area contributed by atoms with Crippen molar-refractivity contribution in [3.8, 4) is 11.8 Å². The lowest BCUT2D eigenvalue weighted by Crippen LogP contribution is -2.32. The number of carbonyl (C=O) groups excluding carboxylic acids is 1. The van der Waals surface area contributed by atoms with E-state index in [1.807, 2.05) is 49.4 Å². The molecule has 1 N–H and O–H groups in total. The number of fused-ring (bicyclic) bond motifs is 1. The number of nitrogens with one attached hydrogen (secondary N) is 1. The molecule has 5 nitrogen and oxygen atoms in total. The molecule has 0 radical (unpaired) electrons. The van der Waals surface area contributed by atoms with E-state index < -0.39 is 0 Å². The van der Waals surface area contributed by atoms with Crippen LogP contribution in [-0.2, 0) is 9.53 Å². The number of nitrogens with zero attached hydrogens (tertiary/aromatic N) is 1. The van der Waals surface area contributed by atoms with E-state index in [2.05, 4.69) is 5.32 Å². The molecule has 1 amide bonds. The summed E-state index contributed by atoms with van der Waals surface area (Å²) in [4.78, 5) is 12.4. The second-order valence-electron chi connectivity index (χ2n) is 6.15. The molecule has 3 rings (SSSR count). The van der Waals surface area contributed by atoms with Crippen LogP contribution in [0.1, 0.15) is 25.3 Å². The lowest BCUT2D eigenvalue weighted by Gasteiger charge is -2.11. The lowest BCUT2D eigenvalue weighted by atomic mass is 10.0. The number of carbonyl (C=O) groups is 1. The van der Waals surface area contributed by atoms with E-state index >= 15 is 0 Å². The van der Waals surface area contributed by atoms with Gasteiger partial charge in [0.25, 0.3) is 5.91 Å². The summed E-state index contributed by atoms with van der Waals surface area (Å²) in [5, 5.41) is 14.1. The van der Waals surface area contributed by atoms with Crippen molar-refractivity contribution in [3.05, 3.63) is 47.5 Å². The highest BCUT2D eigenvalue weighted by Gasteiger charge is 2.18. The summed E-state index contributed by atoms with van der Waals surface area (Å²) >= 11 is 0. The minimum atomic E-state index is -0.374. The zero-order chi connectivity index (χ0) is 18.4. The molecule has 0 unspecified atom stereocenters. The Kier molecular flexibility index (Phi) is 5.88. The van der Waals surface area contributed by atoms with Crippen LogP contribution in [0.4, 0.5) is 0 Å². The largest absolute Gasteiger partial charge is 0.493 e. The maximum Gasteiger partial charge on any atom is 0.262 e. The van der Waals surface area contributed by atoms with Crippen LogP contribution in [0, 0.1) is 11.3 Å². The highest BCUT2D eigenvalue weighted by Crippen LogP contribution is 2.29. The number of hydrogen-bond donors (Lipinski definition) is 1. The van der Waals surface area contributed by atoms with Gasteiger partial charge in [-0.1, -0.05) is 30.3 Å². The normalized spacial score (nSPS) is 17.1. The van der Waals surface area contributed by atoms with Gasteiger partial charge in [0.05, 0.1) is 12.7 Å². The Morgan fingerprint density at radius 1 is 1.35 bits per heavy atom. The zero-order valence-electron chi connectivity index (χ0n) is 14.8. The molecule has 1 aliphatic heterocycles. The first kappa shape index (κ1) is 18.0. The predicted octanol–water partition coefficient (Wildman–Crippen LogP) is 3.44. The number of hydrogen-bond acceptors (Lipinski definition) is 4. The van der Waals surface area contributed by atoms with Crippen molar-refractivity contribution in [1.29, 1.82) is 5.26 Å². The summed E-state index contributed by atoms with van der Waals surface area (Å²) in [5.74, 6) is 0.419. The molecule has 0 saturated carbocycles. The fourth-order valence-corrected chi connectivity index (χ4v) is 3.11. The summed E-state index contributed by atoms with van der Waals surface area (Å²) in [6.07, 6.45) is 3.63. The summed E-state index contributed by atoms with van der Waals surface area (Å²) in [6, 6.07) is 13.6. The Morgan fingerprint density at radius 2 is 2.15 bits per heavy atom. The maximum absolute atomic E-state index is 12.4. The molecule has 1 saturated heterocycles. The molecule has 1 aliphatic rings. The van der Waals surface area contributed by atoms with Gasteiger partial charge in [-0.3, -0.25) is 4.79 Å². The maximum atomic E-state index is 12.4.